The summed E-state index contributed by atoms with van der Waals surface area (Å²) in [5, 5.41) is 7.63. The Morgan fingerprint density at radius 1 is 0.425 bits per heavy atom. The molecule has 0 aliphatic heterocycles. The molecular formula is C36H23OPS2. The van der Waals surface area contributed by atoms with Crippen molar-refractivity contribution in [2.45, 2.75) is 0 Å². The predicted molar refractivity (Wildman–Crippen MR) is 177 cm³/mol. The fraction of sp³-hybridized carbons (Fsp3) is 0. The summed E-state index contributed by atoms with van der Waals surface area (Å²) in [6.07, 6.45) is 0. The monoisotopic (exact) mass is 566 g/mol. The van der Waals surface area contributed by atoms with Gasteiger partial charge in [-0.3, -0.25) is 0 Å². The third-order valence-corrected chi connectivity index (χ3v) is 13.4. The van der Waals surface area contributed by atoms with E-state index in [-0.39, 0.29) is 0 Å². The van der Waals surface area contributed by atoms with Crippen LogP contribution < -0.4 is 15.9 Å². The quantitative estimate of drug-likeness (QED) is 0.194. The SMILES string of the molecule is O=P(c1ccccc1)(c1ccccc1)c1cccc2c1sc1ccc(-c3ccc4sc5ccccc5c4c3)cc12. The number of hydrogen-bond donors (Lipinski definition) is 0. The number of hydrogen-bond acceptors (Lipinski definition) is 3. The molecule has 190 valence electrons. The molecule has 2 aromatic heterocycles. The standard InChI is InChI=1S/C36H23OPS2/c37-38(26-10-3-1-4-11-26,27-12-5-2-6-13-27)32-16-9-15-29-31-23-25(19-21-35(31)40-36(29)32)24-18-20-34-30(22-24)28-14-7-8-17-33(28)39-34/h1-23H. The first-order chi connectivity index (χ1) is 19.7. The van der Waals surface area contributed by atoms with Gasteiger partial charge in [0.2, 0.25) is 0 Å². The van der Waals surface area contributed by atoms with Crippen LogP contribution in [0.25, 0.3) is 51.5 Å². The molecule has 4 heteroatoms. The molecule has 0 N–H and O–H groups in total. The van der Waals surface area contributed by atoms with Crippen molar-refractivity contribution in [2.75, 3.05) is 0 Å². The van der Waals surface area contributed by atoms with E-state index in [4.69, 9.17) is 0 Å². The highest BCUT2D eigenvalue weighted by Crippen LogP contribution is 2.47. The number of rotatable bonds is 4. The van der Waals surface area contributed by atoms with E-state index in [1.54, 1.807) is 11.3 Å². The molecule has 0 spiro atoms. The van der Waals surface area contributed by atoms with Gasteiger partial charge in [-0.25, -0.2) is 0 Å². The van der Waals surface area contributed by atoms with Gasteiger partial charge in [-0.2, -0.15) is 0 Å². The lowest BCUT2D eigenvalue weighted by molar-refractivity contribution is 0.592. The molecule has 0 amide bonds. The number of fused-ring (bicyclic) bond motifs is 6. The van der Waals surface area contributed by atoms with Crippen LogP contribution >= 0.6 is 29.8 Å². The van der Waals surface area contributed by atoms with Crippen LogP contribution in [0.3, 0.4) is 0 Å². The average Bonchev–Trinajstić information content (AvgIpc) is 3.59. The molecule has 0 radical (unpaired) electrons. The maximum Gasteiger partial charge on any atom is 0.172 e. The maximum atomic E-state index is 15.2. The van der Waals surface area contributed by atoms with Crippen molar-refractivity contribution in [3.63, 3.8) is 0 Å². The van der Waals surface area contributed by atoms with E-state index in [1.165, 1.54) is 41.4 Å². The molecule has 0 saturated heterocycles. The van der Waals surface area contributed by atoms with E-state index in [0.717, 1.165) is 26.0 Å². The molecular weight excluding hydrogens is 544 g/mol. The first kappa shape index (κ1) is 23.8. The third kappa shape index (κ3) is 3.63. The highest BCUT2D eigenvalue weighted by atomic mass is 32.1. The third-order valence-electron chi connectivity index (χ3n) is 7.76. The van der Waals surface area contributed by atoms with Crippen LogP contribution in [0.15, 0.2) is 140 Å². The van der Waals surface area contributed by atoms with Crippen molar-refractivity contribution < 1.29 is 4.57 Å². The first-order valence-corrected chi connectivity index (χ1v) is 16.6. The van der Waals surface area contributed by atoms with E-state index >= 15 is 4.57 Å². The van der Waals surface area contributed by atoms with Crippen molar-refractivity contribution >= 4 is 86.1 Å². The molecule has 1 nitrogen and oxygen atoms in total. The summed E-state index contributed by atoms with van der Waals surface area (Å²) < 4.78 is 20.2. The van der Waals surface area contributed by atoms with E-state index < -0.39 is 7.14 Å². The van der Waals surface area contributed by atoms with E-state index in [9.17, 15) is 0 Å². The minimum atomic E-state index is -3.08. The molecule has 0 atom stereocenters. The first-order valence-electron chi connectivity index (χ1n) is 13.3. The highest BCUT2D eigenvalue weighted by Gasteiger charge is 2.32. The van der Waals surface area contributed by atoms with Crippen LogP contribution in [0.5, 0.6) is 0 Å². The van der Waals surface area contributed by atoms with Crippen LogP contribution in [-0.2, 0) is 4.57 Å². The van der Waals surface area contributed by atoms with Crippen molar-refractivity contribution in [3.8, 4) is 11.1 Å². The van der Waals surface area contributed by atoms with E-state index in [0.29, 0.717) is 0 Å². The molecule has 0 fully saturated rings. The number of thiophene rings is 2. The fourth-order valence-corrected chi connectivity index (χ4v) is 11.3. The molecule has 0 aliphatic carbocycles. The summed E-state index contributed by atoms with van der Waals surface area (Å²) in [5.74, 6) is 0. The molecule has 8 aromatic rings. The lowest BCUT2D eigenvalue weighted by Crippen LogP contribution is -2.25. The zero-order valence-corrected chi connectivity index (χ0v) is 24.0. The van der Waals surface area contributed by atoms with Gasteiger partial charge in [0.15, 0.2) is 7.14 Å². The van der Waals surface area contributed by atoms with Crippen molar-refractivity contribution in [1.82, 2.24) is 0 Å². The van der Waals surface area contributed by atoms with Crippen LogP contribution in [0.4, 0.5) is 0 Å². The minimum Gasteiger partial charge on any atom is -0.309 e. The molecule has 40 heavy (non-hydrogen) atoms. The second-order valence-corrected chi connectivity index (χ2v) is 14.9. The molecule has 0 saturated carbocycles. The molecule has 0 bridgehead atoms. The Kier molecular flexibility index (Phi) is 5.53. The lowest BCUT2D eigenvalue weighted by Gasteiger charge is -2.20. The van der Waals surface area contributed by atoms with Gasteiger partial charge < -0.3 is 4.57 Å². The van der Waals surface area contributed by atoms with Gasteiger partial charge in [0.25, 0.3) is 0 Å². The number of benzene rings is 6. The van der Waals surface area contributed by atoms with Gasteiger partial charge in [-0.1, -0.05) is 103 Å². The molecule has 0 unspecified atom stereocenters. The second kappa shape index (κ2) is 9.28. The predicted octanol–water partition coefficient (Wildman–Crippen LogP) is 9.73. The summed E-state index contributed by atoms with van der Waals surface area (Å²) in [4.78, 5) is 0. The van der Waals surface area contributed by atoms with Gasteiger partial charge >= 0.3 is 0 Å². The largest absolute Gasteiger partial charge is 0.309 e. The normalized spacial score (nSPS) is 12.1. The maximum absolute atomic E-state index is 15.2. The average molecular weight is 567 g/mol. The summed E-state index contributed by atoms with van der Waals surface area (Å²) in [6.45, 7) is 0. The highest BCUT2D eigenvalue weighted by molar-refractivity contribution is 7.86. The summed E-state index contributed by atoms with van der Waals surface area (Å²) in [5.41, 5.74) is 2.41. The Morgan fingerprint density at radius 3 is 1.62 bits per heavy atom. The Bertz CT molecular complexity index is 2200. The van der Waals surface area contributed by atoms with Crippen molar-refractivity contribution in [1.29, 1.82) is 0 Å². The minimum absolute atomic E-state index is 0.864. The van der Waals surface area contributed by atoms with Gasteiger partial charge in [-0.15, -0.1) is 22.7 Å². The zero-order chi connectivity index (χ0) is 26.7. The van der Waals surface area contributed by atoms with Gasteiger partial charge in [0, 0.05) is 56.3 Å². The van der Waals surface area contributed by atoms with Gasteiger partial charge in [-0.05, 0) is 47.5 Å². The van der Waals surface area contributed by atoms with Crippen molar-refractivity contribution in [2.24, 2.45) is 0 Å². The summed E-state index contributed by atoms with van der Waals surface area (Å²) in [7, 11) is -3.08. The molecule has 8 rings (SSSR count). The van der Waals surface area contributed by atoms with Crippen LogP contribution in [0.1, 0.15) is 0 Å². The topological polar surface area (TPSA) is 17.1 Å². The van der Waals surface area contributed by atoms with Crippen LogP contribution in [0.2, 0.25) is 0 Å². The van der Waals surface area contributed by atoms with E-state index in [1.807, 2.05) is 72.0 Å². The van der Waals surface area contributed by atoms with Crippen molar-refractivity contribution in [3.05, 3.63) is 140 Å². The Balaban J connectivity index is 1.34. The molecule has 6 aromatic carbocycles. The summed E-state index contributed by atoms with van der Waals surface area (Å²) >= 11 is 3.59. The Morgan fingerprint density at radius 2 is 0.950 bits per heavy atom. The second-order valence-electron chi connectivity index (χ2n) is 10.1. The molecule has 2 heterocycles. The Labute approximate surface area is 240 Å². The van der Waals surface area contributed by atoms with Gasteiger partial charge in [0.05, 0.1) is 0 Å². The van der Waals surface area contributed by atoms with Gasteiger partial charge in [0.1, 0.15) is 0 Å². The fourth-order valence-electron chi connectivity index (χ4n) is 5.82. The van der Waals surface area contributed by atoms with Crippen LogP contribution in [-0.4, -0.2) is 0 Å². The summed E-state index contributed by atoms with van der Waals surface area (Å²) in [6, 6.07) is 48.4. The smallest absolute Gasteiger partial charge is 0.172 e. The lowest BCUT2D eigenvalue weighted by atomic mass is 10.0. The van der Waals surface area contributed by atoms with Crippen LogP contribution in [0, 0.1) is 0 Å². The van der Waals surface area contributed by atoms with E-state index in [2.05, 4.69) is 78.9 Å². The zero-order valence-electron chi connectivity index (χ0n) is 21.5. The molecule has 0 aliphatic rings. The Hall–Kier alpha value is -4.01.